The molecule has 1 heterocycles. The molecule has 2 N–H and O–H groups in total. The molecule has 0 aliphatic heterocycles. The Morgan fingerprint density at radius 2 is 2.41 bits per heavy atom. The first-order chi connectivity index (χ1) is 8.10. The van der Waals surface area contributed by atoms with Crippen LogP contribution < -0.4 is 5.32 Å². The van der Waals surface area contributed by atoms with Crippen molar-refractivity contribution in [1.29, 1.82) is 0 Å². The first-order valence-electron chi connectivity index (χ1n) is 4.71. The third-order valence-electron chi connectivity index (χ3n) is 2.12. The molecule has 0 radical (unpaired) electrons. The second-order valence-corrected chi connectivity index (χ2v) is 4.29. The minimum absolute atomic E-state index is 0.498. The van der Waals surface area contributed by atoms with Crippen LogP contribution in [0.1, 0.15) is 0 Å². The van der Waals surface area contributed by atoms with Gasteiger partial charge in [-0.3, -0.25) is 9.48 Å². The van der Waals surface area contributed by atoms with Gasteiger partial charge in [0.05, 0.1) is 0 Å². The molecule has 7 heteroatoms. The van der Waals surface area contributed by atoms with Crippen LogP contribution in [0, 0.1) is 0 Å². The molecule has 0 aliphatic carbocycles. The fourth-order valence-corrected chi connectivity index (χ4v) is 2.07. The normalized spacial score (nSPS) is 11.2. The Morgan fingerprint density at radius 1 is 1.65 bits per heavy atom. The number of aromatic nitrogens is 2. The lowest BCUT2D eigenvalue weighted by molar-refractivity contribution is -0.110. The van der Waals surface area contributed by atoms with Gasteiger partial charge in [0.2, 0.25) is 0 Å². The Balaban J connectivity index is 2.39. The number of aryl methyl sites for hydroxylation is 1. The largest absolute Gasteiger partial charge is 0.411 e. The lowest BCUT2D eigenvalue weighted by atomic mass is 10.2. The number of benzene rings is 1. The van der Waals surface area contributed by atoms with Crippen molar-refractivity contribution in [3.8, 4) is 0 Å². The van der Waals surface area contributed by atoms with Crippen LogP contribution in [0.5, 0.6) is 0 Å². The molecule has 0 saturated heterocycles. The van der Waals surface area contributed by atoms with Crippen molar-refractivity contribution in [2.75, 3.05) is 5.32 Å². The molecule has 88 valence electrons. The Hall–Kier alpha value is -1.89. The maximum absolute atomic E-state index is 11.2. The highest BCUT2D eigenvalue weighted by Crippen LogP contribution is 2.26. The van der Waals surface area contributed by atoms with Gasteiger partial charge in [-0.25, -0.2) is 0 Å². The second-order valence-electron chi connectivity index (χ2n) is 3.43. The van der Waals surface area contributed by atoms with Crippen molar-refractivity contribution in [2.45, 2.75) is 0 Å². The number of hydrogen-bond acceptors (Lipinski definition) is 4. The van der Waals surface area contributed by atoms with E-state index in [1.165, 1.54) is 0 Å². The van der Waals surface area contributed by atoms with Gasteiger partial charge in [-0.1, -0.05) is 5.16 Å². The summed E-state index contributed by atoms with van der Waals surface area (Å²) < 4.78 is 2.47. The van der Waals surface area contributed by atoms with Crippen LogP contribution in [-0.2, 0) is 11.8 Å². The lowest BCUT2D eigenvalue weighted by Gasteiger charge is -2.02. The monoisotopic (exact) mass is 296 g/mol. The van der Waals surface area contributed by atoms with Crippen molar-refractivity contribution in [3.63, 3.8) is 0 Å². The van der Waals surface area contributed by atoms with Gasteiger partial charge in [0, 0.05) is 28.8 Å². The van der Waals surface area contributed by atoms with Crippen LogP contribution in [-0.4, -0.2) is 27.1 Å². The van der Waals surface area contributed by atoms with E-state index in [0.29, 0.717) is 5.69 Å². The number of fused-ring (bicyclic) bond motifs is 1. The number of halogens is 1. The quantitative estimate of drug-likeness (QED) is 0.503. The van der Waals surface area contributed by atoms with E-state index in [2.05, 4.69) is 31.5 Å². The van der Waals surface area contributed by atoms with Crippen molar-refractivity contribution < 1.29 is 10.0 Å². The molecular formula is C10H9BrN4O2. The van der Waals surface area contributed by atoms with E-state index in [1.54, 1.807) is 16.8 Å². The van der Waals surface area contributed by atoms with Gasteiger partial charge in [-0.2, -0.15) is 5.10 Å². The maximum atomic E-state index is 11.2. The minimum atomic E-state index is -0.498. The predicted octanol–water partition coefficient (Wildman–Crippen LogP) is 1.73. The average molecular weight is 297 g/mol. The van der Waals surface area contributed by atoms with Gasteiger partial charge < -0.3 is 10.5 Å². The van der Waals surface area contributed by atoms with Crippen molar-refractivity contribution in [2.24, 2.45) is 12.2 Å². The van der Waals surface area contributed by atoms with Crippen LogP contribution in [0.25, 0.3) is 10.9 Å². The number of nitrogens with one attached hydrogen (secondary N) is 1. The molecule has 2 aromatic rings. The first-order valence-corrected chi connectivity index (χ1v) is 5.51. The Bertz CT molecular complexity index is 606. The third kappa shape index (κ3) is 2.44. The summed E-state index contributed by atoms with van der Waals surface area (Å²) in [5.41, 5.74) is 1.42. The van der Waals surface area contributed by atoms with Crippen molar-refractivity contribution >= 4 is 44.6 Å². The van der Waals surface area contributed by atoms with E-state index in [1.807, 2.05) is 13.2 Å². The zero-order valence-corrected chi connectivity index (χ0v) is 10.5. The number of carbonyl (C=O) groups excluding carboxylic acids is 1. The minimum Gasteiger partial charge on any atom is -0.411 e. The Kier molecular flexibility index (Phi) is 3.10. The van der Waals surface area contributed by atoms with E-state index in [0.717, 1.165) is 21.6 Å². The van der Waals surface area contributed by atoms with Gasteiger partial charge in [0.15, 0.2) is 0 Å². The molecule has 0 spiro atoms. The SMILES string of the molecule is Cn1cc2cc(NC(=O)C=NO)cc(Br)c2n1. The van der Waals surface area contributed by atoms with Gasteiger partial charge in [0.25, 0.3) is 5.91 Å². The lowest BCUT2D eigenvalue weighted by Crippen LogP contribution is -2.12. The number of oxime groups is 1. The summed E-state index contributed by atoms with van der Waals surface area (Å²) >= 11 is 3.38. The highest BCUT2D eigenvalue weighted by molar-refractivity contribution is 9.10. The summed E-state index contributed by atoms with van der Waals surface area (Å²) in [4.78, 5) is 11.2. The van der Waals surface area contributed by atoms with Gasteiger partial charge in [0.1, 0.15) is 11.7 Å². The molecule has 0 fully saturated rings. The Labute approximate surface area is 105 Å². The third-order valence-corrected chi connectivity index (χ3v) is 2.72. The van der Waals surface area contributed by atoms with Gasteiger partial charge >= 0.3 is 0 Å². The van der Waals surface area contributed by atoms with Crippen molar-refractivity contribution in [3.05, 3.63) is 22.8 Å². The standard InChI is InChI=1S/C10H9BrN4O2/c1-15-5-6-2-7(13-9(16)4-12-17)3-8(11)10(6)14-15/h2-5,17H,1H3,(H,13,16). The summed E-state index contributed by atoms with van der Waals surface area (Å²) in [6, 6.07) is 3.52. The highest BCUT2D eigenvalue weighted by atomic mass is 79.9. The average Bonchev–Trinajstić information content (AvgIpc) is 2.59. The molecule has 6 nitrogen and oxygen atoms in total. The fraction of sp³-hybridized carbons (Fsp3) is 0.100. The number of amides is 1. The van der Waals surface area contributed by atoms with E-state index >= 15 is 0 Å². The zero-order valence-electron chi connectivity index (χ0n) is 8.88. The summed E-state index contributed by atoms with van der Waals surface area (Å²) in [7, 11) is 1.82. The molecule has 0 saturated carbocycles. The van der Waals surface area contributed by atoms with E-state index < -0.39 is 5.91 Å². The van der Waals surface area contributed by atoms with E-state index in [-0.39, 0.29) is 0 Å². The molecule has 17 heavy (non-hydrogen) atoms. The first kappa shape index (κ1) is 11.6. The van der Waals surface area contributed by atoms with Crippen LogP contribution in [0.3, 0.4) is 0 Å². The maximum Gasteiger partial charge on any atom is 0.270 e. The number of hydrogen-bond donors (Lipinski definition) is 2. The fourth-order valence-electron chi connectivity index (χ4n) is 1.51. The summed E-state index contributed by atoms with van der Waals surface area (Å²) in [5.74, 6) is -0.498. The number of anilines is 1. The number of carbonyl (C=O) groups is 1. The highest BCUT2D eigenvalue weighted by Gasteiger charge is 2.07. The summed E-state index contributed by atoms with van der Waals surface area (Å²) in [5, 5.41) is 18.6. The topological polar surface area (TPSA) is 79.5 Å². The number of nitrogens with zero attached hydrogens (tertiary/aromatic N) is 3. The second kappa shape index (κ2) is 4.54. The molecule has 1 amide bonds. The Morgan fingerprint density at radius 3 is 3.12 bits per heavy atom. The summed E-state index contributed by atoms with van der Waals surface area (Å²) in [6.07, 6.45) is 2.64. The van der Waals surface area contributed by atoms with Gasteiger partial charge in [-0.15, -0.1) is 0 Å². The molecule has 0 unspecified atom stereocenters. The van der Waals surface area contributed by atoms with Crippen LogP contribution in [0.2, 0.25) is 0 Å². The van der Waals surface area contributed by atoms with E-state index in [9.17, 15) is 4.79 Å². The van der Waals surface area contributed by atoms with Crippen LogP contribution >= 0.6 is 15.9 Å². The smallest absolute Gasteiger partial charge is 0.270 e. The van der Waals surface area contributed by atoms with Crippen LogP contribution in [0.4, 0.5) is 5.69 Å². The molecule has 0 atom stereocenters. The molecule has 0 aliphatic rings. The van der Waals surface area contributed by atoms with Crippen LogP contribution in [0.15, 0.2) is 28.0 Å². The molecule has 1 aromatic carbocycles. The molecule has 1 aromatic heterocycles. The molecular weight excluding hydrogens is 288 g/mol. The van der Waals surface area contributed by atoms with Gasteiger partial charge in [-0.05, 0) is 28.1 Å². The summed E-state index contributed by atoms with van der Waals surface area (Å²) in [6.45, 7) is 0. The zero-order chi connectivity index (χ0) is 12.4. The van der Waals surface area contributed by atoms with E-state index in [4.69, 9.17) is 5.21 Å². The van der Waals surface area contributed by atoms with Crippen molar-refractivity contribution in [1.82, 2.24) is 9.78 Å². The molecule has 2 rings (SSSR count). The number of rotatable bonds is 2. The molecule has 0 bridgehead atoms. The predicted molar refractivity (Wildman–Crippen MR) is 67.3 cm³/mol.